The van der Waals surface area contributed by atoms with Crippen LogP contribution in [0.3, 0.4) is 0 Å². The zero-order valence-corrected chi connectivity index (χ0v) is 15.9. The summed E-state index contributed by atoms with van der Waals surface area (Å²) in [5.41, 5.74) is 0.885. The maximum Gasteiger partial charge on any atom is 0.310 e. The summed E-state index contributed by atoms with van der Waals surface area (Å²) in [5.74, 6) is 0.619. The van der Waals surface area contributed by atoms with Crippen molar-refractivity contribution >= 4 is 34.5 Å². The zero-order valence-electron chi connectivity index (χ0n) is 15.1. The predicted octanol–water partition coefficient (Wildman–Crippen LogP) is 2.83. The molecule has 1 fully saturated rings. The van der Waals surface area contributed by atoms with Crippen molar-refractivity contribution in [1.29, 1.82) is 0 Å². The minimum atomic E-state index is -0.209. The molecule has 0 N–H and O–H groups in total. The van der Waals surface area contributed by atoms with Gasteiger partial charge in [0.25, 0.3) is 0 Å². The van der Waals surface area contributed by atoms with Gasteiger partial charge in [0.05, 0.1) is 23.8 Å². The van der Waals surface area contributed by atoms with E-state index in [-0.39, 0.29) is 17.8 Å². The highest BCUT2D eigenvalue weighted by Crippen LogP contribution is 2.26. The van der Waals surface area contributed by atoms with Crippen molar-refractivity contribution in [3.05, 3.63) is 30.1 Å². The number of rotatable bonds is 5. The topological polar surface area (TPSA) is 72.4 Å². The molecule has 1 aliphatic rings. The van der Waals surface area contributed by atoms with Crippen molar-refractivity contribution in [2.75, 3.05) is 25.4 Å². The molecule has 0 saturated carbocycles. The van der Waals surface area contributed by atoms with Gasteiger partial charge in [-0.05, 0) is 32.8 Å². The molecule has 1 amide bonds. The third-order valence-electron chi connectivity index (χ3n) is 4.41. The highest BCUT2D eigenvalue weighted by molar-refractivity contribution is 8.00. The number of fused-ring (bicyclic) bond motifs is 1. The Morgan fingerprint density at radius 3 is 2.92 bits per heavy atom. The summed E-state index contributed by atoms with van der Waals surface area (Å²) >= 11 is 1.43. The number of carbonyl (C=O) groups excluding carboxylic acids is 2. The van der Waals surface area contributed by atoms with E-state index in [1.54, 1.807) is 11.8 Å². The number of aryl methyl sites for hydroxylation is 1. The molecule has 1 aromatic heterocycles. The van der Waals surface area contributed by atoms with Gasteiger partial charge < -0.3 is 9.64 Å². The third-order valence-corrected chi connectivity index (χ3v) is 5.38. The van der Waals surface area contributed by atoms with E-state index in [2.05, 4.69) is 9.97 Å². The Morgan fingerprint density at radius 1 is 1.31 bits per heavy atom. The van der Waals surface area contributed by atoms with Crippen LogP contribution < -0.4 is 0 Å². The van der Waals surface area contributed by atoms with E-state index in [9.17, 15) is 9.59 Å². The fraction of sp³-hybridized carbons (Fsp3) is 0.474. The van der Waals surface area contributed by atoms with Crippen LogP contribution in [0.25, 0.3) is 10.9 Å². The minimum absolute atomic E-state index is 0.0318. The molecule has 3 rings (SSSR count). The summed E-state index contributed by atoms with van der Waals surface area (Å²) in [6.07, 6.45) is 1.61. The number of amides is 1. The molecule has 26 heavy (non-hydrogen) atoms. The Kier molecular flexibility index (Phi) is 6.08. The number of para-hydroxylation sites is 1. The van der Waals surface area contributed by atoms with Crippen LogP contribution in [0.1, 0.15) is 25.6 Å². The summed E-state index contributed by atoms with van der Waals surface area (Å²) < 4.78 is 5.10. The molecule has 0 bridgehead atoms. The number of likely N-dealkylation sites (tertiary alicyclic amines) is 1. The molecule has 1 atom stereocenters. The van der Waals surface area contributed by atoms with E-state index < -0.39 is 0 Å². The lowest BCUT2D eigenvalue weighted by molar-refractivity contribution is -0.151. The molecule has 7 heteroatoms. The molecule has 0 aliphatic carbocycles. The number of piperidine rings is 1. The van der Waals surface area contributed by atoms with E-state index in [4.69, 9.17) is 4.74 Å². The smallest absolute Gasteiger partial charge is 0.310 e. The van der Waals surface area contributed by atoms with Gasteiger partial charge >= 0.3 is 5.97 Å². The first-order valence-electron chi connectivity index (χ1n) is 8.89. The Hall–Kier alpha value is -2.15. The van der Waals surface area contributed by atoms with Gasteiger partial charge in [-0.25, -0.2) is 9.97 Å². The van der Waals surface area contributed by atoms with Crippen LogP contribution in [-0.2, 0) is 14.3 Å². The van der Waals surface area contributed by atoms with E-state index in [0.29, 0.717) is 31.3 Å². The number of esters is 1. The lowest BCUT2D eigenvalue weighted by Gasteiger charge is -2.31. The summed E-state index contributed by atoms with van der Waals surface area (Å²) in [5, 5.41) is 1.78. The van der Waals surface area contributed by atoms with Crippen LogP contribution in [0.15, 0.2) is 29.3 Å². The number of ether oxygens (including phenoxy) is 1. The van der Waals surface area contributed by atoms with E-state index in [0.717, 1.165) is 28.8 Å². The van der Waals surface area contributed by atoms with Gasteiger partial charge in [-0.15, -0.1) is 0 Å². The molecule has 0 unspecified atom stereocenters. The second-order valence-corrected chi connectivity index (χ2v) is 7.28. The molecule has 2 heterocycles. The monoisotopic (exact) mass is 373 g/mol. The molecule has 0 spiro atoms. The number of hydrogen-bond acceptors (Lipinski definition) is 6. The van der Waals surface area contributed by atoms with Crippen LogP contribution in [0, 0.1) is 12.8 Å². The van der Waals surface area contributed by atoms with Crippen molar-refractivity contribution in [2.45, 2.75) is 31.7 Å². The van der Waals surface area contributed by atoms with Gasteiger partial charge in [0.2, 0.25) is 5.91 Å². The average molecular weight is 373 g/mol. The molecule has 138 valence electrons. The van der Waals surface area contributed by atoms with Gasteiger partial charge in [-0.3, -0.25) is 9.59 Å². The van der Waals surface area contributed by atoms with Crippen molar-refractivity contribution in [3.8, 4) is 0 Å². The summed E-state index contributed by atoms with van der Waals surface area (Å²) in [4.78, 5) is 35.3. The molecule has 2 aromatic rings. The highest BCUT2D eigenvalue weighted by atomic mass is 32.2. The molecule has 1 aromatic carbocycles. The van der Waals surface area contributed by atoms with Gasteiger partial charge in [0.15, 0.2) is 0 Å². The second kappa shape index (κ2) is 8.49. The number of carbonyl (C=O) groups is 2. The van der Waals surface area contributed by atoms with Crippen molar-refractivity contribution in [3.63, 3.8) is 0 Å². The Morgan fingerprint density at radius 2 is 2.12 bits per heavy atom. The van der Waals surface area contributed by atoms with Crippen LogP contribution in [0.4, 0.5) is 0 Å². The van der Waals surface area contributed by atoms with Crippen LogP contribution in [-0.4, -0.2) is 52.2 Å². The number of benzene rings is 1. The molecule has 1 saturated heterocycles. The normalized spacial score (nSPS) is 17.3. The fourth-order valence-corrected chi connectivity index (χ4v) is 4.11. The Labute approximate surface area is 157 Å². The maximum absolute atomic E-state index is 12.6. The van der Waals surface area contributed by atoms with E-state index in [1.165, 1.54) is 11.8 Å². The number of thioether (sulfide) groups is 1. The highest BCUT2D eigenvalue weighted by Gasteiger charge is 2.29. The van der Waals surface area contributed by atoms with Crippen LogP contribution in [0.2, 0.25) is 0 Å². The van der Waals surface area contributed by atoms with E-state index >= 15 is 0 Å². The largest absolute Gasteiger partial charge is 0.466 e. The van der Waals surface area contributed by atoms with Crippen molar-refractivity contribution in [1.82, 2.24) is 14.9 Å². The number of hydrogen-bond donors (Lipinski definition) is 0. The van der Waals surface area contributed by atoms with Crippen molar-refractivity contribution < 1.29 is 14.3 Å². The molecular formula is C19H23N3O3S. The Bertz CT molecular complexity index is 812. The summed E-state index contributed by atoms with van der Waals surface area (Å²) in [7, 11) is 0. The van der Waals surface area contributed by atoms with Crippen molar-refractivity contribution in [2.24, 2.45) is 5.92 Å². The zero-order chi connectivity index (χ0) is 18.5. The number of nitrogens with zero attached hydrogens (tertiary/aromatic N) is 3. The average Bonchev–Trinajstić information content (AvgIpc) is 2.66. The molecule has 0 radical (unpaired) electrons. The number of aromatic nitrogens is 2. The van der Waals surface area contributed by atoms with Gasteiger partial charge in [0, 0.05) is 18.5 Å². The minimum Gasteiger partial charge on any atom is -0.466 e. The maximum atomic E-state index is 12.6. The Balaban J connectivity index is 1.65. The van der Waals surface area contributed by atoms with Crippen LogP contribution in [0.5, 0.6) is 0 Å². The van der Waals surface area contributed by atoms with Gasteiger partial charge in [0.1, 0.15) is 10.9 Å². The standard InChI is InChI=1S/C19H23N3O3S/c1-3-25-19(24)14-7-6-10-22(11-14)17(23)12-26-18-15-8-4-5-9-16(15)20-13(2)21-18/h4-5,8-9,14H,3,6-7,10-12H2,1-2H3/t14-/m0/s1. The third kappa shape index (κ3) is 4.33. The SMILES string of the molecule is CCOC(=O)[C@H]1CCCN(C(=O)CSc2nc(C)nc3ccccc23)C1. The molecule has 1 aliphatic heterocycles. The summed E-state index contributed by atoms with van der Waals surface area (Å²) in [6, 6.07) is 7.81. The lowest BCUT2D eigenvalue weighted by Crippen LogP contribution is -2.43. The molecule has 6 nitrogen and oxygen atoms in total. The first-order chi connectivity index (χ1) is 12.6. The quantitative estimate of drug-likeness (QED) is 0.456. The van der Waals surface area contributed by atoms with Crippen LogP contribution >= 0.6 is 11.8 Å². The van der Waals surface area contributed by atoms with E-state index in [1.807, 2.05) is 31.2 Å². The first kappa shape index (κ1) is 18.6. The summed E-state index contributed by atoms with van der Waals surface area (Å²) in [6.45, 7) is 5.17. The first-order valence-corrected chi connectivity index (χ1v) is 9.87. The fourth-order valence-electron chi connectivity index (χ4n) is 3.15. The van der Waals surface area contributed by atoms with Gasteiger partial charge in [-0.2, -0.15) is 0 Å². The predicted molar refractivity (Wildman–Crippen MR) is 101 cm³/mol. The van der Waals surface area contributed by atoms with Gasteiger partial charge in [-0.1, -0.05) is 30.0 Å². The lowest BCUT2D eigenvalue weighted by atomic mass is 9.98. The second-order valence-electron chi connectivity index (χ2n) is 6.31. The molecular weight excluding hydrogens is 350 g/mol.